The molecule has 0 radical (unpaired) electrons. The molecule has 0 saturated heterocycles. The Hall–Kier alpha value is -9.18. The zero-order valence-corrected chi connectivity index (χ0v) is 31.9. The molecule has 0 aliphatic rings. The molecule has 316 valence electrons. The molecule has 0 aliphatic heterocycles. The molecule has 0 fully saturated rings. The molecule has 7 aromatic carbocycles. The molecule has 0 aliphatic carbocycles. The van der Waals surface area contributed by atoms with Crippen LogP contribution >= 0.6 is 0 Å². The van der Waals surface area contributed by atoms with Gasteiger partial charge in [-0.05, 0) is 137 Å². The van der Waals surface area contributed by atoms with Crippen LogP contribution in [0.3, 0.4) is 0 Å². The highest BCUT2D eigenvalue weighted by Gasteiger charge is 2.08. The normalized spacial score (nSPS) is 9.68. The van der Waals surface area contributed by atoms with Crippen molar-refractivity contribution in [3.63, 3.8) is 0 Å². The third-order valence-corrected chi connectivity index (χ3v) is 7.99. The van der Waals surface area contributed by atoms with Gasteiger partial charge in [0, 0.05) is 0 Å². The molecule has 0 amide bonds. The molecule has 0 saturated carbocycles. The minimum atomic E-state index is -1.13. The largest absolute Gasteiger partial charge is 0.508 e. The summed E-state index contributed by atoms with van der Waals surface area (Å²) >= 11 is 0. The first-order valence-corrected chi connectivity index (χ1v) is 17.5. The van der Waals surface area contributed by atoms with Crippen LogP contribution < -0.4 is 0 Å². The van der Waals surface area contributed by atoms with Gasteiger partial charge in [0.15, 0.2) is 0 Å². The number of phenols is 4. The van der Waals surface area contributed by atoms with Crippen LogP contribution in [0.5, 0.6) is 23.0 Å². The van der Waals surface area contributed by atoms with Gasteiger partial charge in [-0.1, -0.05) is 42.5 Å². The van der Waals surface area contributed by atoms with Crippen molar-refractivity contribution in [2.45, 2.75) is 0 Å². The van der Waals surface area contributed by atoms with Crippen molar-refractivity contribution < 1.29 is 79.8 Å². The molecule has 0 aromatic heterocycles. The number of carbonyl (C=O) groups is 6. The number of hydrogen-bond acceptors (Lipinski definition) is 10. The Labute approximate surface area is 351 Å². The minimum absolute atomic E-state index is 0.0186. The minimum Gasteiger partial charge on any atom is -0.508 e. The number of aromatic hydroxyl groups is 4. The summed E-state index contributed by atoms with van der Waals surface area (Å²) in [7, 11) is 0. The first kappa shape index (κ1) is 47.2. The molecular formula is C46H36O16. The maximum absolute atomic E-state index is 10.7. The molecule has 0 unspecified atom stereocenters. The number of hydrogen-bond donors (Lipinski definition) is 10. The van der Waals surface area contributed by atoms with Crippen LogP contribution in [-0.2, 0) is 0 Å². The fourth-order valence-corrected chi connectivity index (χ4v) is 4.82. The van der Waals surface area contributed by atoms with Gasteiger partial charge in [-0.2, -0.15) is 0 Å². The van der Waals surface area contributed by atoms with Crippen molar-refractivity contribution in [2.24, 2.45) is 0 Å². The lowest BCUT2D eigenvalue weighted by Gasteiger charge is -2.01. The molecule has 7 aromatic rings. The summed E-state index contributed by atoms with van der Waals surface area (Å²) in [6, 6.07) is 39.1. The number of carboxylic acids is 6. The third kappa shape index (κ3) is 15.3. The fraction of sp³-hybridized carbons (Fsp3) is 0. The van der Waals surface area contributed by atoms with Gasteiger partial charge in [0.2, 0.25) is 0 Å². The summed E-state index contributed by atoms with van der Waals surface area (Å²) in [6.45, 7) is 0. The Morgan fingerprint density at radius 1 is 0.258 bits per heavy atom. The quantitative estimate of drug-likeness (QED) is 0.0722. The van der Waals surface area contributed by atoms with Gasteiger partial charge in [-0.25, -0.2) is 28.8 Å². The maximum Gasteiger partial charge on any atom is 0.335 e. The third-order valence-electron chi connectivity index (χ3n) is 7.99. The summed E-state index contributed by atoms with van der Waals surface area (Å²) in [4.78, 5) is 62.3. The Kier molecular flexibility index (Phi) is 17.3. The van der Waals surface area contributed by atoms with Crippen LogP contribution in [0, 0.1) is 0 Å². The van der Waals surface area contributed by atoms with Crippen LogP contribution in [-0.4, -0.2) is 86.9 Å². The number of benzene rings is 7. The summed E-state index contributed by atoms with van der Waals surface area (Å²) in [6.07, 6.45) is 0. The molecule has 0 heterocycles. The van der Waals surface area contributed by atoms with E-state index in [1.165, 1.54) is 78.9 Å². The van der Waals surface area contributed by atoms with E-state index in [-0.39, 0.29) is 56.4 Å². The van der Waals surface area contributed by atoms with Gasteiger partial charge in [0.25, 0.3) is 0 Å². The van der Waals surface area contributed by atoms with Gasteiger partial charge >= 0.3 is 35.8 Å². The number of rotatable bonds is 7. The first-order valence-electron chi connectivity index (χ1n) is 17.5. The lowest BCUT2D eigenvalue weighted by atomic mass is 10.1. The molecule has 0 bridgehead atoms. The van der Waals surface area contributed by atoms with Crippen molar-refractivity contribution in [1.29, 1.82) is 0 Å². The van der Waals surface area contributed by atoms with E-state index >= 15 is 0 Å². The maximum atomic E-state index is 10.7. The van der Waals surface area contributed by atoms with Gasteiger partial charge in [0.05, 0.1) is 33.4 Å². The highest BCUT2D eigenvalue weighted by molar-refractivity contribution is 5.95. The fourth-order valence-electron chi connectivity index (χ4n) is 4.82. The van der Waals surface area contributed by atoms with Crippen molar-refractivity contribution >= 4 is 46.6 Å². The zero-order chi connectivity index (χ0) is 45.9. The van der Waals surface area contributed by atoms with E-state index in [9.17, 15) is 33.9 Å². The van der Waals surface area contributed by atoms with Crippen LogP contribution in [0.1, 0.15) is 62.1 Å². The molecule has 62 heavy (non-hydrogen) atoms. The van der Waals surface area contributed by atoms with E-state index in [0.29, 0.717) is 0 Å². The highest BCUT2D eigenvalue weighted by Crippen LogP contribution is 2.24. The van der Waals surface area contributed by atoms with Gasteiger partial charge < -0.3 is 51.1 Å². The highest BCUT2D eigenvalue weighted by atomic mass is 16.4. The molecule has 10 N–H and O–H groups in total. The van der Waals surface area contributed by atoms with Crippen LogP contribution in [0.15, 0.2) is 158 Å². The lowest BCUT2D eigenvalue weighted by Crippen LogP contribution is -2.01. The second-order valence-electron chi connectivity index (χ2n) is 12.4. The van der Waals surface area contributed by atoms with Crippen molar-refractivity contribution in [3.05, 3.63) is 191 Å². The number of fused-ring (bicyclic) bond motifs is 1. The Balaban J connectivity index is 0.000000208. The molecule has 16 heteroatoms. The molecule has 16 nitrogen and oxygen atoms in total. The van der Waals surface area contributed by atoms with E-state index in [1.54, 1.807) is 48.5 Å². The monoisotopic (exact) mass is 844 g/mol. The zero-order valence-electron chi connectivity index (χ0n) is 31.9. The summed E-state index contributed by atoms with van der Waals surface area (Å²) in [5.74, 6) is -5.54. The first-order chi connectivity index (χ1) is 29.3. The summed E-state index contributed by atoms with van der Waals surface area (Å²) in [5, 5.41) is 88.9. The van der Waals surface area contributed by atoms with Crippen molar-refractivity contribution in [1.82, 2.24) is 0 Å². The van der Waals surface area contributed by atoms with Crippen molar-refractivity contribution in [2.75, 3.05) is 0 Å². The Morgan fingerprint density at radius 3 is 0.871 bits per heavy atom. The Bertz CT molecular complexity index is 2550. The molecule has 0 spiro atoms. The predicted molar refractivity (Wildman–Crippen MR) is 224 cm³/mol. The number of carboxylic acid groups (broad SMARTS) is 6. The van der Waals surface area contributed by atoms with E-state index in [1.807, 2.05) is 24.3 Å². The summed E-state index contributed by atoms with van der Waals surface area (Å²) in [5.41, 5.74) is 2.59. The lowest BCUT2D eigenvalue weighted by molar-refractivity contribution is 0.0679. The van der Waals surface area contributed by atoms with Gasteiger partial charge in [0.1, 0.15) is 23.0 Å². The number of aromatic carboxylic acids is 6. The van der Waals surface area contributed by atoms with E-state index in [0.717, 1.165) is 28.0 Å². The van der Waals surface area contributed by atoms with E-state index in [4.69, 9.17) is 46.0 Å². The average molecular weight is 845 g/mol. The Morgan fingerprint density at radius 2 is 0.516 bits per heavy atom. The van der Waals surface area contributed by atoms with Gasteiger partial charge in [-0.3, -0.25) is 0 Å². The standard InChI is InChI=1S/C12H10O2.C11H8O3.2C8H6O4.C7H6O3/c13-11-5-1-9(2-6-11)10-3-7-12(14)8-4-10;12-10-4-3-7-5-9(11(13)14)2-1-8(7)6-10;9-7(10)5-1-2-6(4-3-5)8(11)12;9-7(10)5-2-1-3-6(4-5)8(11)12;8-6-3-1-5(2-4-6)7(9)10/h1-8,13-14H;1-6,12H,(H,13,14);2*1-4H,(H,9,10)(H,11,12);1-4,8H,(H,9,10). The topological polar surface area (TPSA) is 305 Å². The predicted octanol–water partition coefficient (Wildman–Crippen LogP) is 8.26. The molecular weight excluding hydrogens is 808 g/mol. The smallest absolute Gasteiger partial charge is 0.335 e. The SMILES string of the molecule is O=C(O)c1ccc(C(=O)O)cc1.O=C(O)c1ccc(O)cc1.O=C(O)c1ccc2cc(O)ccc2c1.O=C(O)c1cccc(C(=O)O)c1.Oc1ccc(-c2ccc(O)cc2)cc1. The number of phenolic OH excluding ortho intramolecular Hbond substituents is 4. The van der Waals surface area contributed by atoms with E-state index < -0.39 is 35.8 Å². The van der Waals surface area contributed by atoms with E-state index in [2.05, 4.69) is 0 Å². The van der Waals surface area contributed by atoms with Crippen LogP contribution in [0.4, 0.5) is 0 Å². The van der Waals surface area contributed by atoms with Crippen molar-refractivity contribution in [3.8, 4) is 34.1 Å². The van der Waals surface area contributed by atoms with Gasteiger partial charge in [-0.15, -0.1) is 0 Å². The molecule has 7 rings (SSSR count). The second-order valence-corrected chi connectivity index (χ2v) is 12.4. The molecule has 0 atom stereocenters. The van der Waals surface area contributed by atoms with Crippen LogP contribution in [0.25, 0.3) is 21.9 Å². The average Bonchev–Trinajstić information content (AvgIpc) is 3.25. The summed E-state index contributed by atoms with van der Waals surface area (Å²) < 4.78 is 0. The van der Waals surface area contributed by atoms with Crippen LogP contribution in [0.2, 0.25) is 0 Å². The second kappa shape index (κ2) is 22.7.